The van der Waals surface area contributed by atoms with Crippen molar-refractivity contribution in [3.8, 4) is 0 Å². The summed E-state index contributed by atoms with van der Waals surface area (Å²) in [5.74, 6) is -0.186. The van der Waals surface area contributed by atoms with Gasteiger partial charge in [-0.15, -0.1) is 11.3 Å². The van der Waals surface area contributed by atoms with E-state index in [4.69, 9.17) is 0 Å². The molecule has 2 N–H and O–H groups in total. The molecule has 2 heterocycles. The highest BCUT2D eigenvalue weighted by atomic mass is 32.2. The molecule has 1 fully saturated rings. The SMILES string of the molecule is Cc1ccc([C@@H](NCC(=O)Nc2ccc(S(=O)(=O)N3CCCC3)cc2)c2cccs2)cc1. The van der Waals surface area contributed by atoms with E-state index < -0.39 is 10.0 Å². The fourth-order valence-corrected chi connectivity index (χ4v) is 6.13. The first-order chi connectivity index (χ1) is 15.4. The number of sulfonamides is 1. The van der Waals surface area contributed by atoms with Gasteiger partial charge in [0.2, 0.25) is 15.9 Å². The molecule has 4 rings (SSSR count). The van der Waals surface area contributed by atoms with Gasteiger partial charge in [-0.1, -0.05) is 35.9 Å². The van der Waals surface area contributed by atoms with E-state index >= 15 is 0 Å². The second-order valence-corrected chi connectivity index (χ2v) is 10.8. The van der Waals surface area contributed by atoms with E-state index in [9.17, 15) is 13.2 Å². The minimum atomic E-state index is -3.45. The van der Waals surface area contributed by atoms with Crippen LogP contribution in [-0.2, 0) is 14.8 Å². The average Bonchev–Trinajstić information content (AvgIpc) is 3.50. The highest BCUT2D eigenvalue weighted by Gasteiger charge is 2.27. The average molecular weight is 470 g/mol. The molecule has 1 aliphatic rings. The van der Waals surface area contributed by atoms with Gasteiger partial charge in [-0.3, -0.25) is 10.1 Å². The first-order valence-corrected chi connectivity index (χ1v) is 13.0. The highest BCUT2D eigenvalue weighted by Crippen LogP contribution is 2.26. The number of nitrogens with one attached hydrogen (secondary N) is 2. The van der Waals surface area contributed by atoms with E-state index in [-0.39, 0.29) is 23.4 Å². The van der Waals surface area contributed by atoms with Crippen LogP contribution in [0.1, 0.15) is 34.9 Å². The largest absolute Gasteiger partial charge is 0.325 e. The molecule has 32 heavy (non-hydrogen) atoms. The number of amides is 1. The molecule has 0 unspecified atom stereocenters. The van der Waals surface area contributed by atoms with E-state index in [2.05, 4.69) is 41.0 Å². The van der Waals surface area contributed by atoms with Gasteiger partial charge in [-0.2, -0.15) is 4.31 Å². The van der Waals surface area contributed by atoms with Gasteiger partial charge in [0, 0.05) is 23.7 Å². The van der Waals surface area contributed by atoms with Crippen LogP contribution >= 0.6 is 11.3 Å². The minimum absolute atomic E-state index is 0.0747. The number of hydrogen-bond donors (Lipinski definition) is 2. The Kier molecular flexibility index (Phi) is 7.05. The van der Waals surface area contributed by atoms with Crippen molar-refractivity contribution in [2.75, 3.05) is 25.0 Å². The fourth-order valence-electron chi connectivity index (χ4n) is 3.78. The van der Waals surface area contributed by atoms with Crippen LogP contribution in [0, 0.1) is 6.92 Å². The molecule has 0 radical (unpaired) electrons. The predicted molar refractivity (Wildman–Crippen MR) is 128 cm³/mol. The zero-order valence-electron chi connectivity index (χ0n) is 18.0. The van der Waals surface area contributed by atoms with Gasteiger partial charge in [0.05, 0.1) is 17.5 Å². The molecule has 8 heteroatoms. The molecule has 6 nitrogen and oxygen atoms in total. The van der Waals surface area contributed by atoms with Crippen LogP contribution in [0.5, 0.6) is 0 Å². The Balaban J connectivity index is 1.39. The Morgan fingerprint density at radius 2 is 1.72 bits per heavy atom. The topological polar surface area (TPSA) is 78.5 Å². The lowest BCUT2D eigenvalue weighted by atomic mass is 10.0. The minimum Gasteiger partial charge on any atom is -0.325 e. The number of carbonyl (C=O) groups is 1. The summed E-state index contributed by atoms with van der Waals surface area (Å²) in [6.07, 6.45) is 1.80. The molecule has 0 spiro atoms. The van der Waals surface area contributed by atoms with Crippen LogP contribution in [0.4, 0.5) is 5.69 Å². The molecule has 168 valence electrons. The number of nitrogens with zero attached hydrogens (tertiary/aromatic N) is 1. The molecule has 1 aromatic heterocycles. The summed E-state index contributed by atoms with van der Waals surface area (Å²) in [6.45, 7) is 3.31. The van der Waals surface area contributed by atoms with E-state index in [0.717, 1.165) is 23.3 Å². The van der Waals surface area contributed by atoms with Gasteiger partial charge in [-0.05, 0) is 61.0 Å². The van der Waals surface area contributed by atoms with Crippen molar-refractivity contribution < 1.29 is 13.2 Å². The van der Waals surface area contributed by atoms with Crippen LogP contribution in [0.3, 0.4) is 0 Å². The second-order valence-electron chi connectivity index (χ2n) is 7.92. The van der Waals surface area contributed by atoms with Crippen LogP contribution in [0.2, 0.25) is 0 Å². The number of hydrogen-bond acceptors (Lipinski definition) is 5. The van der Waals surface area contributed by atoms with Crippen molar-refractivity contribution in [2.45, 2.75) is 30.7 Å². The molecule has 0 saturated carbocycles. The number of benzene rings is 2. The standard InChI is InChI=1S/C24H27N3O3S2/c1-18-6-8-19(9-7-18)24(22-5-4-16-31-22)25-17-23(28)26-20-10-12-21(13-11-20)32(29,30)27-14-2-3-15-27/h4-13,16,24-25H,2-3,14-15,17H2,1H3,(H,26,28)/t24-/m1/s1. The quantitative estimate of drug-likeness (QED) is 0.519. The third-order valence-corrected chi connectivity index (χ3v) is 8.40. The Morgan fingerprint density at radius 1 is 1.03 bits per heavy atom. The summed E-state index contributed by atoms with van der Waals surface area (Å²) >= 11 is 1.64. The van der Waals surface area contributed by atoms with Crippen LogP contribution in [-0.4, -0.2) is 38.3 Å². The Labute approximate surface area is 193 Å². The van der Waals surface area contributed by atoms with Crippen molar-refractivity contribution in [2.24, 2.45) is 0 Å². The van der Waals surface area contributed by atoms with Gasteiger partial charge >= 0.3 is 0 Å². The first kappa shape index (κ1) is 22.7. The molecule has 3 aromatic rings. The van der Waals surface area contributed by atoms with Crippen molar-refractivity contribution in [3.63, 3.8) is 0 Å². The third-order valence-electron chi connectivity index (χ3n) is 5.55. The van der Waals surface area contributed by atoms with Gasteiger partial charge in [0.25, 0.3) is 0 Å². The molecule has 1 saturated heterocycles. The van der Waals surface area contributed by atoms with Crippen molar-refractivity contribution in [1.82, 2.24) is 9.62 Å². The number of anilines is 1. The number of aryl methyl sites for hydroxylation is 1. The Bertz CT molecular complexity index is 1140. The molecule has 1 amide bonds. The lowest BCUT2D eigenvalue weighted by molar-refractivity contribution is -0.115. The third kappa shape index (κ3) is 5.27. The van der Waals surface area contributed by atoms with Gasteiger partial charge in [-0.25, -0.2) is 8.42 Å². The highest BCUT2D eigenvalue weighted by molar-refractivity contribution is 7.89. The van der Waals surface area contributed by atoms with Crippen LogP contribution < -0.4 is 10.6 Å². The predicted octanol–water partition coefficient (Wildman–Crippen LogP) is 4.16. The monoisotopic (exact) mass is 469 g/mol. The molecule has 2 aromatic carbocycles. The van der Waals surface area contributed by atoms with Gasteiger partial charge in [0.1, 0.15) is 0 Å². The number of carbonyl (C=O) groups excluding carboxylic acids is 1. The summed E-state index contributed by atoms with van der Waals surface area (Å²) in [5, 5.41) is 8.22. The van der Waals surface area contributed by atoms with Crippen LogP contribution in [0.25, 0.3) is 0 Å². The van der Waals surface area contributed by atoms with E-state index in [1.807, 2.05) is 18.4 Å². The molecule has 0 bridgehead atoms. The van der Waals surface area contributed by atoms with Crippen LogP contribution in [0.15, 0.2) is 70.9 Å². The number of rotatable bonds is 8. The fraction of sp³-hybridized carbons (Fsp3) is 0.292. The van der Waals surface area contributed by atoms with E-state index in [0.29, 0.717) is 18.8 Å². The van der Waals surface area contributed by atoms with Crippen molar-refractivity contribution in [3.05, 3.63) is 82.0 Å². The summed E-state index contributed by atoms with van der Waals surface area (Å²) in [6, 6.07) is 18.6. The van der Waals surface area contributed by atoms with E-state index in [1.54, 1.807) is 35.6 Å². The molecule has 1 aliphatic heterocycles. The smallest absolute Gasteiger partial charge is 0.243 e. The summed E-state index contributed by atoms with van der Waals surface area (Å²) in [4.78, 5) is 14.0. The number of thiophene rings is 1. The molecular formula is C24H27N3O3S2. The molecule has 0 aliphatic carbocycles. The summed E-state index contributed by atoms with van der Waals surface area (Å²) < 4.78 is 26.8. The molecule has 1 atom stereocenters. The Morgan fingerprint density at radius 3 is 2.34 bits per heavy atom. The van der Waals surface area contributed by atoms with Gasteiger partial charge in [0.15, 0.2) is 0 Å². The Hall–Kier alpha value is -2.52. The maximum Gasteiger partial charge on any atom is 0.243 e. The zero-order chi connectivity index (χ0) is 22.6. The zero-order valence-corrected chi connectivity index (χ0v) is 19.6. The van der Waals surface area contributed by atoms with Gasteiger partial charge < -0.3 is 5.32 Å². The summed E-state index contributed by atoms with van der Waals surface area (Å²) in [5.41, 5.74) is 2.86. The lowest BCUT2D eigenvalue weighted by Crippen LogP contribution is -2.31. The van der Waals surface area contributed by atoms with Crippen molar-refractivity contribution >= 4 is 33.0 Å². The van der Waals surface area contributed by atoms with Crippen molar-refractivity contribution in [1.29, 1.82) is 0 Å². The first-order valence-electron chi connectivity index (χ1n) is 10.7. The van der Waals surface area contributed by atoms with E-state index in [1.165, 1.54) is 9.87 Å². The normalized spacial score (nSPS) is 15.5. The summed E-state index contributed by atoms with van der Waals surface area (Å²) in [7, 11) is -3.45. The lowest BCUT2D eigenvalue weighted by Gasteiger charge is -2.18. The maximum atomic E-state index is 12.6. The second kappa shape index (κ2) is 9.95. The maximum absolute atomic E-state index is 12.6. The molecular weight excluding hydrogens is 442 g/mol.